The van der Waals surface area contributed by atoms with Crippen LogP contribution in [-0.2, 0) is 0 Å². The molecule has 8 heteroatoms. The third kappa shape index (κ3) is 11.8. The smallest absolute Gasteiger partial charge is 1.00 e. The summed E-state index contributed by atoms with van der Waals surface area (Å²) in [4.78, 5) is 0. The third-order valence-corrected chi connectivity index (χ3v) is 16.5. The Hall–Kier alpha value is -5.97. The van der Waals surface area contributed by atoms with Crippen LogP contribution in [0.15, 0.2) is 170 Å². The predicted octanol–water partition coefficient (Wildman–Crippen LogP) is 9.94. The fourth-order valence-electron chi connectivity index (χ4n) is 11.5. The third-order valence-electron chi connectivity index (χ3n) is 16.0. The second kappa shape index (κ2) is 24.0. The quantitative estimate of drug-likeness (QED) is 0.120. The molecule has 0 spiro atoms. The van der Waals surface area contributed by atoms with Gasteiger partial charge in [-0.05, 0) is 117 Å². The van der Waals surface area contributed by atoms with Crippen molar-refractivity contribution in [3.63, 3.8) is 0 Å². The number of fused-ring (bicyclic) bond motifs is 8. The second-order valence-electron chi connectivity index (χ2n) is 21.0. The second-order valence-corrected chi connectivity index (χ2v) is 21.9. The standard InChI is InChI=1S/C38H32B2.C24H18B2Cl2.C7H7.BrH.Mg/c1-25-5-9-27(10-6-25)29-17-19-35-31(21-29)13-15-33-23-38-34(24-37(33)39(35)3)16-14-32-22-30(18-20-36(32)40(38)4)28-11-7-26(2)8-12-28;1-25-21-9-7-19(27)11-15(21)3-5-17-14-24-18(13-23(17)25)6-4-16-12-20(28)8-10-22(16)26(24)2;1-7-5-3-2-4-6-7;;/h5-24H,1-4H3;3-14H,1-2H3;3-6H,1H3;1H;/q;;-1;;+2/p-1. The molecule has 4 aliphatic heterocycles. The van der Waals surface area contributed by atoms with E-state index in [1.54, 1.807) is 0 Å². The molecule has 0 amide bonds. The maximum Gasteiger partial charge on any atom is 2.00 e. The van der Waals surface area contributed by atoms with Crippen LogP contribution in [0.3, 0.4) is 0 Å². The maximum absolute atomic E-state index is 6.24. The van der Waals surface area contributed by atoms with Gasteiger partial charge in [0.25, 0.3) is 0 Å². The molecule has 0 aliphatic carbocycles. The van der Waals surface area contributed by atoms with Crippen LogP contribution in [0.25, 0.3) is 70.9 Å². The molecule has 0 radical (unpaired) electrons. The molecule has 0 saturated heterocycles. The Morgan fingerprint density at radius 3 is 0.818 bits per heavy atom. The minimum atomic E-state index is 0. The minimum absolute atomic E-state index is 0. The Balaban J connectivity index is 0.000000170. The summed E-state index contributed by atoms with van der Waals surface area (Å²) in [7, 11) is 0. The van der Waals surface area contributed by atoms with Crippen LogP contribution in [0.2, 0.25) is 37.3 Å². The molecule has 0 saturated carbocycles. The first-order chi connectivity index (χ1) is 36.3. The zero-order valence-corrected chi connectivity index (χ0v) is 49.4. The molecular formula is C69H57B4BrCl2Mg. The van der Waals surface area contributed by atoms with Gasteiger partial charge in [-0.3, -0.25) is 0 Å². The zero-order valence-electron chi connectivity index (χ0n) is 44.9. The van der Waals surface area contributed by atoms with Crippen LogP contribution >= 0.6 is 23.2 Å². The SMILES string of the molecule is CB1c2ccc(-c3ccc(C)cc3)cc2C=Cc2cc3c(cc21)C=Cc1cc(-c2ccc(C)cc2)ccc1B3C.CB1c2ccc(Cl)cc2C=Cc2cc3c(cc21)C=Cc1cc(Cl)ccc1B3C.Cc1cc[c-]cc1.[Br-].[Mg+2]. The molecule has 0 unspecified atom stereocenters. The molecule has 0 bridgehead atoms. The van der Waals surface area contributed by atoms with Gasteiger partial charge in [-0.2, -0.15) is 35.9 Å². The topological polar surface area (TPSA) is 0 Å². The molecule has 0 N–H and O–H groups in total. The summed E-state index contributed by atoms with van der Waals surface area (Å²) in [6.45, 7) is 16.9. The summed E-state index contributed by atoms with van der Waals surface area (Å²) in [6, 6.07) is 64.5. The largest absolute Gasteiger partial charge is 2.00 e. The van der Waals surface area contributed by atoms with E-state index in [9.17, 15) is 0 Å². The molecule has 0 nitrogen and oxygen atoms in total. The molecule has 9 aromatic rings. The number of aryl methyl sites for hydroxylation is 3. The van der Waals surface area contributed by atoms with Crippen molar-refractivity contribution >= 4 is 165 Å². The van der Waals surface area contributed by atoms with E-state index in [4.69, 9.17) is 23.2 Å². The van der Waals surface area contributed by atoms with E-state index in [2.05, 4.69) is 236 Å². The summed E-state index contributed by atoms with van der Waals surface area (Å²) in [5.41, 5.74) is 30.2. The maximum atomic E-state index is 6.24. The van der Waals surface area contributed by atoms with Crippen molar-refractivity contribution in [1.82, 2.24) is 0 Å². The van der Waals surface area contributed by atoms with Crippen LogP contribution in [0.5, 0.6) is 0 Å². The zero-order chi connectivity index (χ0) is 51.9. The van der Waals surface area contributed by atoms with Crippen molar-refractivity contribution in [2.45, 2.75) is 48.1 Å². The van der Waals surface area contributed by atoms with E-state index in [1.807, 2.05) is 36.4 Å². The fourth-order valence-corrected chi connectivity index (χ4v) is 11.9. The molecule has 0 atom stereocenters. The molecule has 13 rings (SSSR count). The molecule has 4 aliphatic rings. The number of rotatable bonds is 2. The normalized spacial score (nSPS) is 12.7. The van der Waals surface area contributed by atoms with Gasteiger partial charge in [-0.1, -0.05) is 270 Å². The Labute approximate surface area is 495 Å². The molecule has 0 aromatic heterocycles. The number of hydrogen-bond donors (Lipinski definition) is 0. The molecule has 0 fully saturated rings. The van der Waals surface area contributed by atoms with Crippen LogP contribution in [0, 0.1) is 26.8 Å². The minimum Gasteiger partial charge on any atom is -1.00 e. The summed E-state index contributed by atoms with van der Waals surface area (Å²) in [5.74, 6) is 0. The van der Waals surface area contributed by atoms with E-state index in [1.165, 1.54) is 127 Å². The van der Waals surface area contributed by atoms with Gasteiger partial charge in [0.15, 0.2) is 0 Å². The van der Waals surface area contributed by atoms with Gasteiger partial charge in [-0.25, -0.2) is 0 Å². The van der Waals surface area contributed by atoms with Gasteiger partial charge in [0.05, 0.1) is 0 Å². The van der Waals surface area contributed by atoms with Crippen molar-refractivity contribution in [3.05, 3.63) is 247 Å². The van der Waals surface area contributed by atoms with Gasteiger partial charge in [0.2, 0.25) is 26.9 Å². The number of hydrogen-bond acceptors (Lipinski definition) is 0. The van der Waals surface area contributed by atoms with Crippen LogP contribution in [0.4, 0.5) is 0 Å². The van der Waals surface area contributed by atoms with Crippen LogP contribution in [-0.4, -0.2) is 49.9 Å². The van der Waals surface area contributed by atoms with E-state index in [0.29, 0.717) is 26.9 Å². The summed E-state index contributed by atoms with van der Waals surface area (Å²) in [5, 5.41) is 1.56. The van der Waals surface area contributed by atoms with Gasteiger partial charge in [0, 0.05) is 10.0 Å². The molecule has 9 aromatic carbocycles. The first-order valence-electron chi connectivity index (χ1n) is 26.4. The molecule has 77 heavy (non-hydrogen) atoms. The number of halogens is 3. The Kier molecular flexibility index (Phi) is 17.3. The Morgan fingerprint density at radius 1 is 0.286 bits per heavy atom. The predicted molar refractivity (Wildman–Crippen MR) is 344 cm³/mol. The number of benzene rings is 9. The molecule has 4 heterocycles. The van der Waals surface area contributed by atoms with Gasteiger partial charge in [-0.15, -0.1) is 0 Å². The van der Waals surface area contributed by atoms with Crippen LogP contribution in [0.1, 0.15) is 61.2 Å². The van der Waals surface area contributed by atoms with Crippen molar-refractivity contribution in [1.29, 1.82) is 0 Å². The first-order valence-corrected chi connectivity index (χ1v) is 27.1. The van der Waals surface area contributed by atoms with Crippen molar-refractivity contribution in [3.8, 4) is 22.3 Å². The Bertz CT molecular complexity index is 3560. The van der Waals surface area contributed by atoms with Gasteiger partial charge < -0.3 is 17.0 Å². The summed E-state index contributed by atoms with van der Waals surface area (Å²) in [6.07, 6.45) is 18.2. The molecular weight excluding hydrogens is 1050 g/mol. The fraction of sp³-hybridized carbons (Fsp3) is 0.101. The van der Waals surface area contributed by atoms with E-state index < -0.39 is 0 Å². The van der Waals surface area contributed by atoms with Crippen molar-refractivity contribution < 1.29 is 17.0 Å². The van der Waals surface area contributed by atoms with E-state index in [-0.39, 0.29) is 40.0 Å². The van der Waals surface area contributed by atoms with Gasteiger partial charge in [0.1, 0.15) is 0 Å². The summed E-state index contributed by atoms with van der Waals surface area (Å²) < 4.78 is 0. The van der Waals surface area contributed by atoms with E-state index in [0.717, 1.165) is 10.0 Å². The monoisotopic (exact) mass is 1100 g/mol. The van der Waals surface area contributed by atoms with Crippen molar-refractivity contribution in [2.24, 2.45) is 0 Å². The average molecular weight is 1100 g/mol. The average Bonchev–Trinajstić information content (AvgIpc) is 3.79. The Morgan fingerprint density at radius 2 is 0.532 bits per heavy atom. The van der Waals surface area contributed by atoms with Crippen LogP contribution < -0.4 is 60.7 Å². The molecule has 368 valence electrons. The first kappa shape index (κ1) is 55.8. The van der Waals surface area contributed by atoms with Crippen molar-refractivity contribution in [2.75, 3.05) is 0 Å². The van der Waals surface area contributed by atoms with Gasteiger partial charge >= 0.3 is 23.1 Å². The summed E-state index contributed by atoms with van der Waals surface area (Å²) >= 11 is 12.5. The van der Waals surface area contributed by atoms with E-state index >= 15 is 0 Å².